The lowest BCUT2D eigenvalue weighted by molar-refractivity contribution is -0.385. The molecule has 14 heavy (non-hydrogen) atoms. The molecule has 0 bridgehead atoms. The van der Waals surface area contributed by atoms with Crippen LogP contribution in [0.3, 0.4) is 0 Å². The average Bonchev–Trinajstić information content (AvgIpc) is 2.71. The van der Waals surface area contributed by atoms with Crippen LogP contribution in [0.25, 0.3) is 0 Å². The van der Waals surface area contributed by atoms with Crippen LogP contribution in [0, 0.1) is 10.1 Å². The zero-order chi connectivity index (χ0) is 10.1. The molecule has 1 aliphatic rings. The third kappa shape index (κ3) is 1.50. The van der Waals surface area contributed by atoms with Gasteiger partial charge in [-0.3, -0.25) is 15.0 Å². The molecular weight excluding hydrogens is 184 g/mol. The van der Waals surface area contributed by atoms with Gasteiger partial charge in [0.15, 0.2) is 6.26 Å². The Balaban J connectivity index is 2.20. The Labute approximate surface area is 81.5 Å². The smallest absolute Gasteiger partial charge is 0.307 e. The number of hydrogen-bond donors (Lipinski definition) is 0. The van der Waals surface area contributed by atoms with Gasteiger partial charge in [0.2, 0.25) is 0 Å². The van der Waals surface area contributed by atoms with Gasteiger partial charge in [0.05, 0.1) is 17.0 Å². The summed E-state index contributed by atoms with van der Waals surface area (Å²) in [6, 6.07) is 1.73. The van der Waals surface area contributed by atoms with E-state index in [0.717, 1.165) is 19.4 Å². The Bertz CT molecular complexity index is 348. The number of nitrogens with zero attached hydrogens (tertiary/aromatic N) is 2. The van der Waals surface area contributed by atoms with Crippen LogP contribution in [-0.2, 0) is 0 Å². The second-order valence-electron chi connectivity index (χ2n) is 3.60. The number of hydrogen-bond acceptors (Lipinski definition) is 4. The zero-order valence-corrected chi connectivity index (χ0v) is 7.97. The van der Waals surface area contributed by atoms with Gasteiger partial charge in [-0.2, -0.15) is 0 Å². The van der Waals surface area contributed by atoms with E-state index in [0.29, 0.717) is 5.76 Å². The van der Waals surface area contributed by atoms with E-state index in [-0.39, 0.29) is 11.7 Å². The Morgan fingerprint density at radius 1 is 1.71 bits per heavy atom. The van der Waals surface area contributed by atoms with Crippen molar-refractivity contribution in [2.24, 2.45) is 0 Å². The SMILES string of the molecule is CN1CCC[C@H]1c1cc([N+](=O)[O-])co1. The monoisotopic (exact) mass is 196 g/mol. The molecule has 1 aliphatic heterocycles. The van der Waals surface area contributed by atoms with Crippen LogP contribution >= 0.6 is 0 Å². The second-order valence-corrected chi connectivity index (χ2v) is 3.60. The molecule has 1 aromatic heterocycles. The van der Waals surface area contributed by atoms with Gasteiger partial charge < -0.3 is 4.42 Å². The first-order valence-corrected chi connectivity index (χ1v) is 4.61. The first kappa shape index (κ1) is 9.21. The van der Waals surface area contributed by atoms with Gasteiger partial charge in [-0.25, -0.2) is 0 Å². The van der Waals surface area contributed by atoms with Crippen molar-refractivity contribution < 1.29 is 9.34 Å². The largest absolute Gasteiger partial charge is 0.460 e. The topological polar surface area (TPSA) is 59.5 Å². The number of nitro groups is 1. The van der Waals surface area contributed by atoms with Crippen molar-refractivity contribution in [2.75, 3.05) is 13.6 Å². The highest BCUT2D eigenvalue weighted by Gasteiger charge is 2.27. The van der Waals surface area contributed by atoms with Crippen molar-refractivity contribution in [1.82, 2.24) is 4.90 Å². The molecule has 0 saturated carbocycles. The van der Waals surface area contributed by atoms with Crippen molar-refractivity contribution in [3.05, 3.63) is 28.2 Å². The summed E-state index contributed by atoms with van der Waals surface area (Å²) in [4.78, 5) is 12.2. The maximum atomic E-state index is 10.4. The van der Waals surface area contributed by atoms with Crippen molar-refractivity contribution in [3.63, 3.8) is 0 Å². The first-order valence-electron chi connectivity index (χ1n) is 4.61. The van der Waals surface area contributed by atoms with E-state index in [9.17, 15) is 10.1 Å². The molecule has 0 spiro atoms. The molecule has 2 rings (SSSR count). The van der Waals surface area contributed by atoms with Crippen LogP contribution < -0.4 is 0 Å². The summed E-state index contributed by atoms with van der Waals surface area (Å²) in [5, 5.41) is 10.4. The summed E-state index contributed by atoms with van der Waals surface area (Å²) in [5.41, 5.74) is 0.0419. The molecule has 2 heterocycles. The lowest BCUT2D eigenvalue weighted by Gasteiger charge is -2.15. The Hall–Kier alpha value is -1.36. The lowest BCUT2D eigenvalue weighted by atomic mass is 10.2. The van der Waals surface area contributed by atoms with Gasteiger partial charge in [0.1, 0.15) is 5.76 Å². The predicted octanol–water partition coefficient (Wildman–Crippen LogP) is 1.95. The molecule has 0 N–H and O–H groups in total. The normalized spacial score (nSPS) is 22.8. The molecule has 5 heteroatoms. The Morgan fingerprint density at radius 3 is 3.00 bits per heavy atom. The maximum absolute atomic E-state index is 10.4. The molecule has 1 aromatic rings. The first-order chi connectivity index (χ1) is 6.68. The highest BCUT2D eigenvalue weighted by molar-refractivity contribution is 5.28. The maximum Gasteiger partial charge on any atom is 0.307 e. The fraction of sp³-hybridized carbons (Fsp3) is 0.556. The molecule has 0 radical (unpaired) electrons. The van der Waals surface area contributed by atoms with Gasteiger partial charge in [0, 0.05) is 0 Å². The van der Waals surface area contributed by atoms with Gasteiger partial charge in [0.25, 0.3) is 0 Å². The minimum atomic E-state index is -0.429. The third-order valence-corrected chi connectivity index (χ3v) is 2.67. The summed E-state index contributed by atoms with van der Waals surface area (Å²) in [5.74, 6) is 0.705. The highest BCUT2D eigenvalue weighted by atomic mass is 16.6. The molecule has 0 unspecified atom stereocenters. The summed E-state index contributed by atoms with van der Waals surface area (Å²) in [6.07, 6.45) is 3.35. The minimum absolute atomic E-state index is 0.0419. The molecule has 1 fully saturated rings. The van der Waals surface area contributed by atoms with E-state index in [4.69, 9.17) is 4.42 Å². The third-order valence-electron chi connectivity index (χ3n) is 2.67. The van der Waals surface area contributed by atoms with E-state index in [1.165, 1.54) is 12.3 Å². The van der Waals surface area contributed by atoms with Crippen LogP contribution in [0.4, 0.5) is 5.69 Å². The fourth-order valence-corrected chi connectivity index (χ4v) is 1.88. The van der Waals surface area contributed by atoms with Crippen molar-refractivity contribution in [3.8, 4) is 0 Å². The molecule has 5 nitrogen and oxygen atoms in total. The van der Waals surface area contributed by atoms with Crippen molar-refractivity contribution >= 4 is 5.69 Å². The summed E-state index contributed by atoms with van der Waals surface area (Å²) in [6.45, 7) is 1.03. The number of furan rings is 1. The van der Waals surface area contributed by atoms with Crippen LogP contribution in [0.2, 0.25) is 0 Å². The fourth-order valence-electron chi connectivity index (χ4n) is 1.88. The van der Waals surface area contributed by atoms with Gasteiger partial charge in [-0.05, 0) is 26.4 Å². The summed E-state index contributed by atoms with van der Waals surface area (Å²) in [7, 11) is 2.01. The lowest BCUT2D eigenvalue weighted by Crippen LogP contribution is -2.16. The highest BCUT2D eigenvalue weighted by Crippen LogP contribution is 2.32. The van der Waals surface area contributed by atoms with Crippen LogP contribution in [0.1, 0.15) is 24.6 Å². The van der Waals surface area contributed by atoms with Gasteiger partial charge in [-0.15, -0.1) is 0 Å². The summed E-state index contributed by atoms with van der Waals surface area (Å²) >= 11 is 0. The van der Waals surface area contributed by atoms with Gasteiger partial charge >= 0.3 is 5.69 Å². The molecule has 0 aromatic carbocycles. The summed E-state index contributed by atoms with van der Waals surface area (Å²) < 4.78 is 5.20. The number of likely N-dealkylation sites (tertiary alicyclic amines) is 1. The average molecular weight is 196 g/mol. The molecule has 76 valence electrons. The predicted molar refractivity (Wildman–Crippen MR) is 50.0 cm³/mol. The van der Waals surface area contributed by atoms with Crippen molar-refractivity contribution in [1.29, 1.82) is 0 Å². The van der Waals surface area contributed by atoms with E-state index in [2.05, 4.69) is 4.90 Å². The Kier molecular flexibility index (Phi) is 2.25. The molecule has 0 amide bonds. The van der Waals surface area contributed by atoms with Crippen LogP contribution in [0.15, 0.2) is 16.7 Å². The van der Waals surface area contributed by atoms with E-state index in [1.807, 2.05) is 7.05 Å². The molecule has 0 aliphatic carbocycles. The van der Waals surface area contributed by atoms with E-state index in [1.54, 1.807) is 0 Å². The molecule has 1 saturated heterocycles. The zero-order valence-electron chi connectivity index (χ0n) is 7.97. The Morgan fingerprint density at radius 2 is 2.50 bits per heavy atom. The van der Waals surface area contributed by atoms with E-state index < -0.39 is 4.92 Å². The second kappa shape index (κ2) is 3.42. The minimum Gasteiger partial charge on any atom is -0.460 e. The molecule has 1 atom stereocenters. The standard InChI is InChI=1S/C9H12N2O3/c1-10-4-2-3-8(10)9-5-7(6-14-9)11(12)13/h5-6,8H,2-4H2,1H3/t8-/m0/s1. The quantitative estimate of drug-likeness (QED) is 0.535. The number of rotatable bonds is 2. The van der Waals surface area contributed by atoms with Crippen LogP contribution in [0.5, 0.6) is 0 Å². The molecular formula is C9H12N2O3. The van der Waals surface area contributed by atoms with Gasteiger partial charge in [-0.1, -0.05) is 0 Å². The van der Waals surface area contributed by atoms with Crippen LogP contribution in [-0.4, -0.2) is 23.4 Å². The van der Waals surface area contributed by atoms with E-state index >= 15 is 0 Å². The van der Waals surface area contributed by atoms with Crippen molar-refractivity contribution in [2.45, 2.75) is 18.9 Å².